The molecular formula is C16H14ClNO2. The van der Waals surface area contributed by atoms with Gasteiger partial charge < -0.3 is 4.74 Å². The third-order valence-corrected chi connectivity index (χ3v) is 3.01. The molecule has 0 atom stereocenters. The number of nitrogens with zero attached hydrogens (tertiary/aromatic N) is 1. The van der Waals surface area contributed by atoms with Crippen LogP contribution in [0.4, 0.5) is 5.69 Å². The van der Waals surface area contributed by atoms with E-state index < -0.39 is 0 Å². The van der Waals surface area contributed by atoms with Crippen molar-refractivity contribution in [1.29, 1.82) is 0 Å². The van der Waals surface area contributed by atoms with Crippen molar-refractivity contribution in [2.75, 3.05) is 7.11 Å². The van der Waals surface area contributed by atoms with Gasteiger partial charge in [-0.15, -0.1) is 0 Å². The predicted octanol–water partition coefficient (Wildman–Crippen LogP) is 4.32. The van der Waals surface area contributed by atoms with Gasteiger partial charge in [0, 0.05) is 23.2 Å². The van der Waals surface area contributed by atoms with Gasteiger partial charge in [-0.3, -0.25) is 9.79 Å². The molecule has 0 spiro atoms. The first-order valence-corrected chi connectivity index (χ1v) is 6.52. The third kappa shape index (κ3) is 3.93. The van der Waals surface area contributed by atoms with Crippen molar-refractivity contribution in [2.24, 2.45) is 4.99 Å². The molecule has 0 aliphatic heterocycles. The van der Waals surface area contributed by atoms with Gasteiger partial charge in [0.25, 0.3) is 0 Å². The van der Waals surface area contributed by atoms with E-state index in [4.69, 9.17) is 16.3 Å². The van der Waals surface area contributed by atoms with E-state index in [9.17, 15) is 4.79 Å². The van der Waals surface area contributed by atoms with Crippen molar-refractivity contribution in [3.8, 4) is 5.75 Å². The van der Waals surface area contributed by atoms with Crippen LogP contribution in [-0.2, 0) is 0 Å². The summed E-state index contributed by atoms with van der Waals surface area (Å²) in [6.45, 7) is 0. The van der Waals surface area contributed by atoms with Crippen molar-refractivity contribution < 1.29 is 9.53 Å². The number of hydrogen-bond donors (Lipinski definition) is 0. The molecule has 0 aromatic heterocycles. The summed E-state index contributed by atoms with van der Waals surface area (Å²) in [5, 5.41) is 0.619. The van der Waals surface area contributed by atoms with Crippen LogP contribution in [0.25, 0.3) is 0 Å². The molecule has 2 aromatic carbocycles. The Morgan fingerprint density at radius 1 is 1.15 bits per heavy atom. The second-order valence-electron chi connectivity index (χ2n) is 4.14. The largest absolute Gasteiger partial charge is 0.497 e. The number of rotatable bonds is 5. The van der Waals surface area contributed by atoms with Crippen LogP contribution in [0.2, 0.25) is 5.02 Å². The van der Waals surface area contributed by atoms with E-state index in [0.29, 0.717) is 10.6 Å². The first-order chi connectivity index (χ1) is 9.69. The summed E-state index contributed by atoms with van der Waals surface area (Å²) in [5.41, 5.74) is 1.42. The fourth-order valence-corrected chi connectivity index (χ4v) is 1.78. The fourth-order valence-electron chi connectivity index (χ4n) is 1.66. The van der Waals surface area contributed by atoms with Crippen LogP contribution in [0.1, 0.15) is 16.8 Å². The molecule has 0 saturated carbocycles. The molecule has 0 heterocycles. The molecular weight excluding hydrogens is 274 g/mol. The summed E-state index contributed by atoms with van der Waals surface area (Å²) in [5.74, 6) is 0.792. The second kappa shape index (κ2) is 6.87. The van der Waals surface area contributed by atoms with Gasteiger partial charge in [-0.2, -0.15) is 0 Å². The van der Waals surface area contributed by atoms with Crippen LogP contribution in [0.15, 0.2) is 53.5 Å². The van der Waals surface area contributed by atoms with E-state index in [1.54, 1.807) is 37.6 Å². The lowest BCUT2D eigenvalue weighted by Crippen LogP contribution is -1.98. The predicted molar refractivity (Wildman–Crippen MR) is 81.5 cm³/mol. The second-order valence-corrected chi connectivity index (χ2v) is 4.58. The molecule has 0 saturated heterocycles. The normalized spacial score (nSPS) is 10.7. The molecule has 0 amide bonds. The maximum absolute atomic E-state index is 11.9. The minimum absolute atomic E-state index is 0.0129. The Labute approximate surface area is 122 Å². The zero-order valence-corrected chi connectivity index (χ0v) is 11.8. The Hall–Kier alpha value is -2.13. The monoisotopic (exact) mass is 287 g/mol. The van der Waals surface area contributed by atoms with Gasteiger partial charge in [-0.25, -0.2) is 0 Å². The molecule has 2 aromatic rings. The van der Waals surface area contributed by atoms with E-state index in [1.807, 2.05) is 24.3 Å². The highest BCUT2D eigenvalue weighted by atomic mass is 35.5. The standard InChI is InChI=1S/C16H14ClNO2/c1-20-15-8-6-14(7-9-15)18-11-10-16(19)12-2-4-13(17)5-3-12/h2-9,11H,10H2,1H3. The van der Waals surface area contributed by atoms with Gasteiger partial charge in [0.15, 0.2) is 5.78 Å². The number of halogens is 1. The molecule has 0 radical (unpaired) electrons. The Morgan fingerprint density at radius 2 is 1.80 bits per heavy atom. The number of ether oxygens (including phenoxy) is 1. The number of aliphatic imine (C=N–C) groups is 1. The minimum Gasteiger partial charge on any atom is -0.497 e. The molecule has 0 bridgehead atoms. The Balaban J connectivity index is 1.95. The fraction of sp³-hybridized carbons (Fsp3) is 0.125. The highest BCUT2D eigenvalue weighted by molar-refractivity contribution is 6.30. The molecule has 0 unspecified atom stereocenters. The molecule has 20 heavy (non-hydrogen) atoms. The summed E-state index contributed by atoms with van der Waals surface area (Å²) in [6, 6.07) is 14.2. The molecule has 3 nitrogen and oxygen atoms in total. The molecule has 4 heteroatoms. The topological polar surface area (TPSA) is 38.7 Å². The number of methoxy groups -OCH3 is 1. The smallest absolute Gasteiger partial charge is 0.168 e. The summed E-state index contributed by atoms with van der Waals surface area (Å²) in [4.78, 5) is 16.1. The Kier molecular flexibility index (Phi) is 4.91. The van der Waals surface area contributed by atoms with Gasteiger partial charge in [0.05, 0.1) is 12.8 Å². The number of carbonyl (C=O) groups is 1. The van der Waals surface area contributed by atoms with Crippen molar-refractivity contribution in [2.45, 2.75) is 6.42 Å². The Bertz CT molecular complexity index is 603. The maximum atomic E-state index is 11.9. The van der Waals surface area contributed by atoms with Crippen LogP contribution in [0, 0.1) is 0 Å². The first kappa shape index (κ1) is 14.3. The first-order valence-electron chi connectivity index (χ1n) is 6.14. The zero-order chi connectivity index (χ0) is 14.4. The average molecular weight is 288 g/mol. The van der Waals surface area contributed by atoms with E-state index >= 15 is 0 Å². The zero-order valence-electron chi connectivity index (χ0n) is 11.0. The van der Waals surface area contributed by atoms with E-state index in [2.05, 4.69) is 4.99 Å². The lowest BCUT2D eigenvalue weighted by molar-refractivity contribution is 0.100. The molecule has 0 N–H and O–H groups in total. The lowest BCUT2D eigenvalue weighted by Gasteiger charge is -1.99. The summed E-state index contributed by atoms with van der Waals surface area (Å²) in [7, 11) is 1.61. The van der Waals surface area contributed by atoms with Gasteiger partial charge in [0.2, 0.25) is 0 Å². The SMILES string of the molecule is COc1ccc(N=CCC(=O)c2ccc(Cl)cc2)cc1. The third-order valence-electron chi connectivity index (χ3n) is 2.76. The summed E-state index contributed by atoms with van der Waals surface area (Å²) in [6.07, 6.45) is 1.87. The maximum Gasteiger partial charge on any atom is 0.168 e. The molecule has 102 valence electrons. The number of carbonyl (C=O) groups excluding carboxylic acids is 1. The minimum atomic E-state index is 0.0129. The van der Waals surface area contributed by atoms with Crippen LogP contribution < -0.4 is 4.74 Å². The lowest BCUT2D eigenvalue weighted by atomic mass is 10.1. The number of benzene rings is 2. The highest BCUT2D eigenvalue weighted by Crippen LogP contribution is 2.17. The van der Waals surface area contributed by atoms with Crippen molar-refractivity contribution in [3.05, 3.63) is 59.1 Å². The highest BCUT2D eigenvalue weighted by Gasteiger charge is 2.03. The number of ketones is 1. The average Bonchev–Trinajstić information content (AvgIpc) is 2.48. The van der Waals surface area contributed by atoms with Crippen LogP contribution in [0.5, 0.6) is 5.75 Å². The number of hydrogen-bond acceptors (Lipinski definition) is 3. The van der Waals surface area contributed by atoms with E-state index in [-0.39, 0.29) is 12.2 Å². The van der Waals surface area contributed by atoms with Crippen molar-refractivity contribution in [3.63, 3.8) is 0 Å². The summed E-state index contributed by atoms with van der Waals surface area (Å²) < 4.78 is 5.06. The van der Waals surface area contributed by atoms with Gasteiger partial charge in [-0.1, -0.05) is 11.6 Å². The Morgan fingerprint density at radius 3 is 2.40 bits per heavy atom. The van der Waals surface area contributed by atoms with Crippen LogP contribution >= 0.6 is 11.6 Å². The molecule has 0 aliphatic rings. The summed E-state index contributed by atoms with van der Waals surface area (Å²) >= 11 is 5.78. The van der Waals surface area contributed by atoms with Gasteiger partial charge >= 0.3 is 0 Å². The molecule has 0 fully saturated rings. The van der Waals surface area contributed by atoms with Crippen LogP contribution in [-0.4, -0.2) is 19.1 Å². The van der Waals surface area contributed by atoms with E-state index in [0.717, 1.165) is 11.4 Å². The van der Waals surface area contributed by atoms with E-state index in [1.165, 1.54) is 0 Å². The van der Waals surface area contributed by atoms with Crippen molar-refractivity contribution >= 4 is 29.3 Å². The quantitative estimate of drug-likeness (QED) is 0.606. The molecule has 0 aliphatic carbocycles. The number of Topliss-reactive ketones (excluding diaryl/α,β-unsaturated/α-hetero) is 1. The van der Waals surface area contributed by atoms with Crippen LogP contribution in [0.3, 0.4) is 0 Å². The van der Waals surface area contributed by atoms with Gasteiger partial charge in [0.1, 0.15) is 5.75 Å². The van der Waals surface area contributed by atoms with Gasteiger partial charge in [-0.05, 0) is 48.5 Å². The van der Waals surface area contributed by atoms with Crippen molar-refractivity contribution in [1.82, 2.24) is 0 Å². The molecule has 2 rings (SSSR count).